The van der Waals surface area contributed by atoms with Crippen LogP contribution >= 0.6 is 0 Å². The molecule has 2 amide bonds. The van der Waals surface area contributed by atoms with Crippen LogP contribution in [-0.4, -0.2) is 34.8 Å². The number of carbonyl (C=O) groups is 2. The molecule has 1 aliphatic heterocycles. The van der Waals surface area contributed by atoms with Crippen molar-refractivity contribution in [1.82, 2.24) is 9.88 Å². The largest absolute Gasteiger partial charge is 0.342 e. The van der Waals surface area contributed by atoms with Crippen molar-refractivity contribution >= 4 is 17.6 Å². The van der Waals surface area contributed by atoms with Crippen molar-refractivity contribution in [2.75, 3.05) is 18.4 Å². The van der Waals surface area contributed by atoms with E-state index in [4.69, 9.17) is 0 Å². The molecule has 3 rings (SSSR count). The summed E-state index contributed by atoms with van der Waals surface area (Å²) in [6, 6.07) is 5.60. The molecule has 0 bridgehead atoms. The van der Waals surface area contributed by atoms with Crippen LogP contribution < -0.4 is 5.32 Å². The first-order valence-corrected chi connectivity index (χ1v) is 9.64. The van der Waals surface area contributed by atoms with E-state index in [1.165, 1.54) is 32.1 Å². The Morgan fingerprint density at radius 1 is 1.16 bits per heavy atom. The van der Waals surface area contributed by atoms with Gasteiger partial charge in [0.25, 0.3) is 0 Å². The van der Waals surface area contributed by atoms with Crippen molar-refractivity contribution < 1.29 is 9.59 Å². The number of piperidine rings is 1. The number of hydrogen-bond donors (Lipinski definition) is 1. The van der Waals surface area contributed by atoms with Gasteiger partial charge in [-0.3, -0.25) is 9.59 Å². The van der Waals surface area contributed by atoms with Crippen LogP contribution in [0, 0.1) is 18.8 Å². The molecule has 1 saturated heterocycles. The smallest absolute Gasteiger partial charge is 0.230 e. The van der Waals surface area contributed by atoms with Crippen molar-refractivity contribution in [3.63, 3.8) is 0 Å². The molecule has 2 aliphatic rings. The summed E-state index contributed by atoms with van der Waals surface area (Å²) in [5, 5.41) is 2.91. The van der Waals surface area contributed by atoms with Gasteiger partial charge in [-0.1, -0.05) is 25.3 Å². The molecule has 1 aliphatic carbocycles. The number of nitrogens with zero attached hydrogens (tertiary/aromatic N) is 2. The third kappa shape index (κ3) is 5.03. The topological polar surface area (TPSA) is 62.3 Å². The standard InChI is InChI=1S/C20H29N3O2/c1-15-7-5-11-18(21-15)22-20(25)17-10-6-12-23(14-17)19(24)13-16-8-3-2-4-9-16/h5,7,11,16-17H,2-4,6,8-10,12-14H2,1H3,(H,21,22,25)/t17-/m1/s1. The minimum absolute atomic E-state index is 0.0201. The average Bonchev–Trinajstić information content (AvgIpc) is 2.62. The SMILES string of the molecule is Cc1cccc(NC(=O)[C@@H]2CCCN(C(=O)CC3CCCCC3)C2)n1. The van der Waals surface area contributed by atoms with Crippen LogP contribution in [0.5, 0.6) is 0 Å². The monoisotopic (exact) mass is 343 g/mol. The van der Waals surface area contributed by atoms with E-state index in [0.29, 0.717) is 24.7 Å². The highest BCUT2D eigenvalue weighted by Crippen LogP contribution is 2.28. The van der Waals surface area contributed by atoms with E-state index in [1.54, 1.807) is 6.07 Å². The fourth-order valence-corrected chi connectivity index (χ4v) is 4.03. The van der Waals surface area contributed by atoms with Gasteiger partial charge in [-0.15, -0.1) is 0 Å². The van der Waals surface area contributed by atoms with E-state index >= 15 is 0 Å². The molecule has 5 nitrogen and oxygen atoms in total. The highest BCUT2D eigenvalue weighted by molar-refractivity contribution is 5.92. The molecule has 136 valence electrons. The van der Waals surface area contributed by atoms with Gasteiger partial charge in [-0.25, -0.2) is 4.98 Å². The van der Waals surface area contributed by atoms with Gasteiger partial charge in [0.15, 0.2) is 0 Å². The summed E-state index contributed by atoms with van der Waals surface area (Å²) in [6.07, 6.45) is 8.59. The first kappa shape index (κ1) is 17.9. The minimum atomic E-state index is -0.133. The predicted octanol–water partition coefficient (Wildman–Crippen LogP) is 3.54. The molecule has 1 saturated carbocycles. The highest BCUT2D eigenvalue weighted by Gasteiger charge is 2.29. The molecule has 0 aromatic carbocycles. The second kappa shape index (κ2) is 8.45. The summed E-state index contributed by atoms with van der Waals surface area (Å²) in [6.45, 7) is 3.24. The molecule has 0 radical (unpaired) electrons. The summed E-state index contributed by atoms with van der Waals surface area (Å²) in [7, 11) is 0. The third-order valence-electron chi connectivity index (χ3n) is 5.47. The molecule has 1 aromatic rings. The van der Waals surface area contributed by atoms with Crippen molar-refractivity contribution in [2.24, 2.45) is 11.8 Å². The van der Waals surface area contributed by atoms with E-state index in [-0.39, 0.29) is 17.7 Å². The molecule has 0 unspecified atom stereocenters. The number of hydrogen-bond acceptors (Lipinski definition) is 3. The lowest BCUT2D eigenvalue weighted by molar-refractivity contribution is -0.135. The van der Waals surface area contributed by atoms with Crippen LogP contribution in [-0.2, 0) is 9.59 Å². The molecule has 1 aromatic heterocycles. The van der Waals surface area contributed by atoms with Gasteiger partial charge in [-0.05, 0) is 50.7 Å². The number of nitrogens with one attached hydrogen (secondary N) is 1. The van der Waals surface area contributed by atoms with Crippen LogP contribution in [0.2, 0.25) is 0 Å². The number of rotatable bonds is 4. The van der Waals surface area contributed by atoms with Gasteiger partial charge >= 0.3 is 0 Å². The summed E-state index contributed by atoms with van der Waals surface area (Å²) in [4.78, 5) is 31.4. The normalized spacial score (nSPS) is 21.8. The van der Waals surface area contributed by atoms with Gasteiger partial charge < -0.3 is 10.2 Å². The number of aryl methyl sites for hydroxylation is 1. The maximum atomic E-state index is 12.6. The lowest BCUT2D eigenvalue weighted by Crippen LogP contribution is -2.44. The first-order valence-electron chi connectivity index (χ1n) is 9.64. The van der Waals surface area contributed by atoms with E-state index in [0.717, 1.165) is 25.1 Å². The maximum Gasteiger partial charge on any atom is 0.230 e. The fraction of sp³-hybridized carbons (Fsp3) is 0.650. The van der Waals surface area contributed by atoms with Gasteiger partial charge in [0.1, 0.15) is 5.82 Å². The molecule has 1 N–H and O–H groups in total. The second-order valence-corrected chi connectivity index (χ2v) is 7.54. The first-order chi connectivity index (χ1) is 12.1. The lowest BCUT2D eigenvalue weighted by Gasteiger charge is -2.33. The summed E-state index contributed by atoms with van der Waals surface area (Å²) < 4.78 is 0. The van der Waals surface area contributed by atoms with E-state index < -0.39 is 0 Å². The number of likely N-dealkylation sites (tertiary alicyclic amines) is 1. The quantitative estimate of drug-likeness (QED) is 0.909. The van der Waals surface area contributed by atoms with Crippen LogP contribution in [0.25, 0.3) is 0 Å². The molecular formula is C20H29N3O2. The Labute approximate surface area is 150 Å². The Morgan fingerprint density at radius 2 is 1.96 bits per heavy atom. The zero-order chi connectivity index (χ0) is 17.6. The van der Waals surface area contributed by atoms with Crippen molar-refractivity contribution in [3.8, 4) is 0 Å². The van der Waals surface area contributed by atoms with Gasteiger partial charge in [0.05, 0.1) is 5.92 Å². The summed E-state index contributed by atoms with van der Waals surface area (Å²) in [5.74, 6) is 1.22. The minimum Gasteiger partial charge on any atom is -0.342 e. The van der Waals surface area contributed by atoms with E-state index in [9.17, 15) is 9.59 Å². The number of amides is 2. The van der Waals surface area contributed by atoms with Gasteiger partial charge in [-0.2, -0.15) is 0 Å². The summed E-state index contributed by atoms with van der Waals surface area (Å²) in [5.41, 5.74) is 0.880. The number of pyridine rings is 1. The van der Waals surface area contributed by atoms with E-state index in [1.807, 2.05) is 24.0 Å². The molecule has 5 heteroatoms. The van der Waals surface area contributed by atoms with Crippen molar-refractivity contribution in [2.45, 2.75) is 58.3 Å². The molecular weight excluding hydrogens is 314 g/mol. The van der Waals surface area contributed by atoms with E-state index in [2.05, 4.69) is 10.3 Å². The van der Waals surface area contributed by atoms with Crippen LogP contribution in [0.3, 0.4) is 0 Å². The Balaban J connectivity index is 1.53. The molecule has 2 fully saturated rings. The molecule has 1 atom stereocenters. The number of carbonyl (C=O) groups excluding carboxylic acids is 2. The number of anilines is 1. The van der Waals surface area contributed by atoms with Crippen LogP contribution in [0.15, 0.2) is 18.2 Å². The number of aromatic nitrogens is 1. The molecule has 2 heterocycles. The Kier molecular flexibility index (Phi) is 6.05. The average molecular weight is 343 g/mol. The Hall–Kier alpha value is -1.91. The highest BCUT2D eigenvalue weighted by atomic mass is 16.2. The summed E-state index contributed by atoms with van der Waals surface area (Å²) >= 11 is 0. The van der Waals surface area contributed by atoms with Crippen molar-refractivity contribution in [3.05, 3.63) is 23.9 Å². The zero-order valence-corrected chi connectivity index (χ0v) is 15.2. The van der Waals surface area contributed by atoms with Gasteiger partial charge in [0, 0.05) is 25.2 Å². The van der Waals surface area contributed by atoms with Crippen molar-refractivity contribution in [1.29, 1.82) is 0 Å². The predicted molar refractivity (Wildman–Crippen MR) is 98.1 cm³/mol. The Bertz CT molecular complexity index is 611. The molecule has 25 heavy (non-hydrogen) atoms. The lowest BCUT2D eigenvalue weighted by atomic mass is 9.86. The van der Waals surface area contributed by atoms with Crippen LogP contribution in [0.1, 0.15) is 57.1 Å². The maximum absolute atomic E-state index is 12.6. The second-order valence-electron chi connectivity index (χ2n) is 7.54. The zero-order valence-electron chi connectivity index (χ0n) is 15.2. The van der Waals surface area contributed by atoms with Gasteiger partial charge in [0.2, 0.25) is 11.8 Å². The molecule has 0 spiro atoms. The Morgan fingerprint density at radius 3 is 2.72 bits per heavy atom. The van der Waals surface area contributed by atoms with Crippen LogP contribution in [0.4, 0.5) is 5.82 Å². The fourth-order valence-electron chi connectivity index (χ4n) is 4.03. The third-order valence-corrected chi connectivity index (χ3v) is 5.47.